The Morgan fingerprint density at radius 2 is 1.68 bits per heavy atom. The summed E-state index contributed by atoms with van der Waals surface area (Å²) < 4.78 is 45.1. The number of ether oxygens (including phenoxy) is 1. The predicted octanol–water partition coefficient (Wildman–Crippen LogP) is 6.28. The van der Waals surface area contributed by atoms with Gasteiger partial charge in [-0.1, -0.05) is 36.4 Å². The van der Waals surface area contributed by atoms with Crippen LogP contribution in [0, 0.1) is 0 Å². The Morgan fingerprint density at radius 3 is 2.43 bits per heavy atom. The Bertz CT molecular complexity index is 1430. The number of carbonyl (C=O) groups is 1. The number of halogens is 3. The molecular formula is C29H26F3N3O2. The molecule has 0 atom stereocenters. The highest BCUT2D eigenvalue weighted by Crippen LogP contribution is 2.32. The summed E-state index contributed by atoms with van der Waals surface area (Å²) in [4.78, 5) is 22.1. The van der Waals surface area contributed by atoms with Gasteiger partial charge in [-0.25, -0.2) is 4.98 Å². The third kappa shape index (κ3) is 5.23. The van der Waals surface area contributed by atoms with E-state index in [2.05, 4.69) is 0 Å². The van der Waals surface area contributed by atoms with Crippen molar-refractivity contribution in [2.45, 2.75) is 13.1 Å². The summed E-state index contributed by atoms with van der Waals surface area (Å²) in [6.07, 6.45) is -4.39. The van der Waals surface area contributed by atoms with E-state index in [1.165, 1.54) is 6.07 Å². The number of alkyl halides is 3. The van der Waals surface area contributed by atoms with Crippen LogP contribution in [-0.4, -0.2) is 48.6 Å². The van der Waals surface area contributed by atoms with Crippen molar-refractivity contribution >= 4 is 22.5 Å². The van der Waals surface area contributed by atoms with Gasteiger partial charge in [0.25, 0.3) is 5.91 Å². The Labute approximate surface area is 213 Å². The Hall–Kier alpha value is -4.07. The van der Waals surface area contributed by atoms with Crippen LogP contribution < -0.4 is 9.64 Å². The third-order valence-electron chi connectivity index (χ3n) is 6.49. The number of para-hydroxylation sites is 1. The molecule has 190 valence electrons. The Morgan fingerprint density at radius 1 is 0.919 bits per heavy atom. The van der Waals surface area contributed by atoms with Crippen LogP contribution in [0.2, 0.25) is 0 Å². The number of fused-ring (bicyclic) bond motifs is 1. The molecular weight excluding hydrogens is 479 g/mol. The minimum absolute atomic E-state index is 0.121. The number of hydrogen-bond acceptors (Lipinski definition) is 4. The van der Waals surface area contributed by atoms with Crippen LogP contribution in [-0.2, 0) is 6.18 Å². The number of anilines is 1. The number of benzene rings is 3. The molecule has 0 radical (unpaired) electrons. The van der Waals surface area contributed by atoms with Crippen molar-refractivity contribution in [1.29, 1.82) is 0 Å². The number of amides is 1. The fourth-order valence-corrected chi connectivity index (χ4v) is 4.63. The molecule has 1 saturated heterocycles. The lowest BCUT2D eigenvalue weighted by atomic mass is 10.0. The number of pyridine rings is 1. The second-order valence-corrected chi connectivity index (χ2v) is 8.86. The minimum Gasteiger partial charge on any atom is -0.494 e. The zero-order chi connectivity index (χ0) is 26.0. The standard InChI is InChI=1S/C29H26F3N3O2/c1-2-37-23-10-5-7-20(17-23)27-19-25(24-11-3-4-12-26(24)33-27)28(36)35-15-13-34(14-16-35)22-9-6-8-21(18-22)29(30,31)32/h3-12,17-19H,2,13-16H2,1H3. The number of aromatic nitrogens is 1. The molecule has 1 fully saturated rings. The molecule has 8 heteroatoms. The van der Waals surface area contributed by atoms with Crippen LogP contribution in [0.5, 0.6) is 5.75 Å². The van der Waals surface area contributed by atoms with E-state index >= 15 is 0 Å². The highest BCUT2D eigenvalue weighted by atomic mass is 19.4. The maximum absolute atomic E-state index is 13.7. The molecule has 1 aliphatic heterocycles. The van der Waals surface area contributed by atoms with Crippen molar-refractivity contribution < 1.29 is 22.7 Å². The van der Waals surface area contributed by atoms with Crippen LogP contribution in [0.4, 0.5) is 18.9 Å². The summed E-state index contributed by atoms with van der Waals surface area (Å²) in [5, 5.41) is 0.762. The van der Waals surface area contributed by atoms with Crippen molar-refractivity contribution in [3.05, 3.63) is 90.0 Å². The molecule has 1 amide bonds. The quantitative estimate of drug-likeness (QED) is 0.320. The first kappa shape index (κ1) is 24.6. The molecule has 0 saturated carbocycles. The lowest BCUT2D eigenvalue weighted by molar-refractivity contribution is -0.137. The van der Waals surface area contributed by atoms with Gasteiger partial charge in [0.1, 0.15) is 5.75 Å². The normalized spacial score (nSPS) is 14.2. The first-order valence-corrected chi connectivity index (χ1v) is 12.2. The molecule has 0 spiro atoms. The molecule has 0 aliphatic carbocycles. The second kappa shape index (κ2) is 10.1. The van der Waals surface area contributed by atoms with E-state index in [4.69, 9.17) is 9.72 Å². The third-order valence-corrected chi connectivity index (χ3v) is 6.49. The fourth-order valence-electron chi connectivity index (χ4n) is 4.63. The van der Waals surface area contributed by atoms with Gasteiger partial charge in [-0.2, -0.15) is 13.2 Å². The molecule has 5 rings (SSSR count). The van der Waals surface area contributed by atoms with Crippen LogP contribution in [0.25, 0.3) is 22.2 Å². The average Bonchev–Trinajstić information content (AvgIpc) is 2.92. The Kier molecular flexibility index (Phi) is 6.74. The van der Waals surface area contributed by atoms with E-state index in [-0.39, 0.29) is 5.91 Å². The fraction of sp³-hybridized carbons (Fsp3) is 0.241. The van der Waals surface area contributed by atoms with Crippen molar-refractivity contribution in [3.63, 3.8) is 0 Å². The van der Waals surface area contributed by atoms with E-state index in [1.54, 1.807) is 11.0 Å². The maximum Gasteiger partial charge on any atom is 0.416 e. The van der Waals surface area contributed by atoms with Gasteiger partial charge in [-0.05, 0) is 49.4 Å². The molecule has 3 aromatic carbocycles. The smallest absolute Gasteiger partial charge is 0.416 e. The zero-order valence-corrected chi connectivity index (χ0v) is 20.3. The number of hydrogen-bond donors (Lipinski definition) is 0. The number of carbonyl (C=O) groups excluding carboxylic acids is 1. The van der Waals surface area contributed by atoms with Crippen LogP contribution >= 0.6 is 0 Å². The molecule has 2 heterocycles. The first-order chi connectivity index (χ1) is 17.8. The SMILES string of the molecule is CCOc1cccc(-c2cc(C(=O)N3CCN(c4cccc(C(F)(F)F)c4)CC3)c3ccccc3n2)c1. The highest BCUT2D eigenvalue weighted by molar-refractivity contribution is 6.07. The van der Waals surface area contributed by atoms with Gasteiger partial charge in [0, 0.05) is 42.8 Å². The van der Waals surface area contributed by atoms with Crippen molar-refractivity contribution in [2.75, 3.05) is 37.7 Å². The number of piperazine rings is 1. The highest BCUT2D eigenvalue weighted by Gasteiger charge is 2.31. The van der Waals surface area contributed by atoms with Gasteiger partial charge in [0.15, 0.2) is 0 Å². The number of rotatable bonds is 5. The average molecular weight is 506 g/mol. The van der Waals surface area contributed by atoms with Crippen molar-refractivity contribution in [2.24, 2.45) is 0 Å². The van der Waals surface area contributed by atoms with Gasteiger partial charge in [-0.15, -0.1) is 0 Å². The molecule has 5 nitrogen and oxygen atoms in total. The van der Waals surface area contributed by atoms with Gasteiger partial charge >= 0.3 is 6.18 Å². The van der Waals surface area contributed by atoms with E-state index < -0.39 is 11.7 Å². The molecule has 4 aromatic rings. The predicted molar refractivity (Wildman–Crippen MR) is 138 cm³/mol. The summed E-state index contributed by atoms with van der Waals surface area (Å²) in [6, 6.07) is 22.3. The molecule has 1 aromatic heterocycles. The molecule has 1 aliphatic rings. The summed E-state index contributed by atoms with van der Waals surface area (Å²) >= 11 is 0. The van der Waals surface area contributed by atoms with Crippen molar-refractivity contribution in [3.8, 4) is 17.0 Å². The van der Waals surface area contributed by atoms with Crippen molar-refractivity contribution in [1.82, 2.24) is 9.88 Å². The number of nitrogens with zero attached hydrogens (tertiary/aromatic N) is 3. The van der Waals surface area contributed by atoms with Crippen LogP contribution in [0.3, 0.4) is 0 Å². The lowest BCUT2D eigenvalue weighted by Gasteiger charge is -2.36. The van der Waals surface area contributed by atoms with Gasteiger partial charge in [0.05, 0.1) is 28.9 Å². The van der Waals surface area contributed by atoms with E-state index in [9.17, 15) is 18.0 Å². The summed E-state index contributed by atoms with van der Waals surface area (Å²) in [5.41, 5.74) is 2.62. The molecule has 37 heavy (non-hydrogen) atoms. The molecule has 0 N–H and O–H groups in total. The van der Waals surface area contributed by atoms with Gasteiger partial charge in [0.2, 0.25) is 0 Å². The zero-order valence-electron chi connectivity index (χ0n) is 20.3. The molecule has 0 bridgehead atoms. The Balaban J connectivity index is 1.40. The largest absolute Gasteiger partial charge is 0.494 e. The van der Waals surface area contributed by atoms with Crippen LogP contribution in [0.1, 0.15) is 22.8 Å². The van der Waals surface area contributed by atoms with E-state index in [1.807, 2.05) is 66.4 Å². The van der Waals surface area contributed by atoms with Crippen LogP contribution in [0.15, 0.2) is 78.9 Å². The lowest BCUT2D eigenvalue weighted by Crippen LogP contribution is -2.48. The van der Waals surface area contributed by atoms with E-state index in [0.717, 1.165) is 28.8 Å². The summed E-state index contributed by atoms with van der Waals surface area (Å²) in [7, 11) is 0. The van der Waals surface area contributed by atoms with E-state index in [0.29, 0.717) is 55.2 Å². The monoisotopic (exact) mass is 505 g/mol. The first-order valence-electron chi connectivity index (χ1n) is 12.2. The summed E-state index contributed by atoms with van der Waals surface area (Å²) in [5.74, 6) is 0.609. The minimum atomic E-state index is -4.39. The summed E-state index contributed by atoms with van der Waals surface area (Å²) in [6.45, 7) is 4.16. The topological polar surface area (TPSA) is 45.7 Å². The van der Waals surface area contributed by atoms with Gasteiger partial charge in [-0.3, -0.25) is 4.79 Å². The maximum atomic E-state index is 13.7. The van der Waals surface area contributed by atoms with Gasteiger partial charge < -0.3 is 14.5 Å². The second-order valence-electron chi connectivity index (χ2n) is 8.86. The molecule has 0 unspecified atom stereocenters.